The van der Waals surface area contributed by atoms with Gasteiger partial charge in [-0.05, 0) is 62.1 Å². The summed E-state index contributed by atoms with van der Waals surface area (Å²) in [4.78, 5) is 20.0. The highest BCUT2D eigenvalue weighted by atomic mass is 35.5. The van der Waals surface area contributed by atoms with Crippen LogP contribution in [-0.4, -0.2) is 72.5 Å². The van der Waals surface area contributed by atoms with Crippen LogP contribution in [0.2, 0.25) is 5.02 Å². The molecule has 0 spiro atoms. The van der Waals surface area contributed by atoms with E-state index in [9.17, 15) is 18.0 Å². The van der Waals surface area contributed by atoms with Crippen molar-refractivity contribution in [2.24, 2.45) is 0 Å². The summed E-state index contributed by atoms with van der Waals surface area (Å²) in [7, 11) is 0. The predicted octanol–water partition coefficient (Wildman–Crippen LogP) is 5.81. The minimum atomic E-state index is -0.872. The monoisotopic (exact) mass is 547 g/mol. The zero-order valence-electron chi connectivity index (χ0n) is 21.9. The van der Waals surface area contributed by atoms with E-state index >= 15 is 0 Å². The zero-order chi connectivity index (χ0) is 26.7. The summed E-state index contributed by atoms with van der Waals surface area (Å²) in [6.07, 6.45) is 7.91. The summed E-state index contributed by atoms with van der Waals surface area (Å²) in [6, 6.07) is 9.24. The van der Waals surface area contributed by atoms with Crippen LogP contribution in [0.3, 0.4) is 0 Å². The molecular weight excluding hydrogens is 511 g/mol. The number of rotatable bonds is 7. The predicted molar refractivity (Wildman–Crippen MR) is 144 cm³/mol. The Hall–Kier alpha value is -2.09. The molecule has 0 aromatic heterocycles. The second-order valence-corrected chi connectivity index (χ2v) is 11.7. The maximum absolute atomic E-state index is 14.3. The van der Waals surface area contributed by atoms with E-state index in [0.717, 1.165) is 50.7 Å². The van der Waals surface area contributed by atoms with Crippen LogP contribution in [0.15, 0.2) is 36.4 Å². The molecule has 0 radical (unpaired) electrons. The van der Waals surface area contributed by atoms with Crippen LogP contribution in [-0.2, 0) is 16.6 Å². The Morgan fingerprint density at radius 1 is 0.921 bits per heavy atom. The fourth-order valence-electron chi connectivity index (χ4n) is 6.63. The average molecular weight is 548 g/mol. The van der Waals surface area contributed by atoms with Gasteiger partial charge in [-0.15, -0.1) is 0 Å². The number of halogens is 4. The highest BCUT2D eigenvalue weighted by Crippen LogP contribution is 2.39. The number of amides is 1. The topological polar surface area (TPSA) is 26.8 Å². The number of likely N-dealkylation sites (tertiary alicyclic amines) is 1. The molecule has 1 aliphatic carbocycles. The Morgan fingerprint density at radius 2 is 1.68 bits per heavy atom. The highest BCUT2D eigenvalue weighted by molar-refractivity contribution is 6.31. The van der Waals surface area contributed by atoms with Gasteiger partial charge in [-0.3, -0.25) is 9.69 Å². The quantitative estimate of drug-likeness (QED) is 0.438. The Bertz CT molecular complexity index is 1110. The van der Waals surface area contributed by atoms with Gasteiger partial charge in [0.15, 0.2) is 11.6 Å². The third-order valence-corrected chi connectivity index (χ3v) is 9.39. The molecule has 8 heteroatoms. The number of benzene rings is 2. The lowest BCUT2D eigenvalue weighted by molar-refractivity contribution is -0.129. The van der Waals surface area contributed by atoms with Gasteiger partial charge in [-0.25, -0.2) is 13.2 Å². The van der Waals surface area contributed by atoms with Crippen molar-refractivity contribution in [3.05, 3.63) is 70.0 Å². The molecule has 2 aromatic carbocycles. The molecular formula is C30H37ClF3N3O. The van der Waals surface area contributed by atoms with Crippen molar-refractivity contribution in [1.29, 1.82) is 0 Å². The van der Waals surface area contributed by atoms with Gasteiger partial charge in [0.05, 0.1) is 6.42 Å². The summed E-state index contributed by atoms with van der Waals surface area (Å²) in [5, 5.41) is 0.233. The SMILES string of the molecule is O=C(Cc1c(F)cccc1Cl)N1CCC(CCN2CCN(C3CCCCC3)CC2)(c2ccc(F)c(F)c2)C1. The van der Waals surface area contributed by atoms with Gasteiger partial charge in [0.25, 0.3) is 0 Å². The van der Waals surface area contributed by atoms with Crippen molar-refractivity contribution in [2.45, 2.75) is 62.8 Å². The molecule has 2 saturated heterocycles. The molecule has 1 atom stereocenters. The van der Waals surface area contributed by atoms with E-state index in [2.05, 4.69) is 9.80 Å². The molecule has 38 heavy (non-hydrogen) atoms. The molecule has 4 nitrogen and oxygen atoms in total. The molecule has 2 heterocycles. The normalized spacial score (nSPS) is 23.7. The van der Waals surface area contributed by atoms with E-state index in [1.54, 1.807) is 17.0 Å². The first-order valence-electron chi connectivity index (χ1n) is 14.0. The van der Waals surface area contributed by atoms with Gasteiger partial charge in [0.1, 0.15) is 5.82 Å². The third kappa shape index (κ3) is 6.05. The fourth-order valence-corrected chi connectivity index (χ4v) is 6.86. The molecule has 1 unspecified atom stereocenters. The van der Waals surface area contributed by atoms with Crippen LogP contribution in [0.1, 0.15) is 56.1 Å². The lowest BCUT2D eigenvalue weighted by Gasteiger charge is -2.41. The molecule has 0 N–H and O–H groups in total. The van der Waals surface area contributed by atoms with Crippen LogP contribution in [0, 0.1) is 17.5 Å². The standard InChI is InChI=1S/C30H37ClF3N3O/c31-25-7-4-8-26(32)24(25)20-29(38)37-14-12-30(21-37,22-9-10-27(33)28(34)19-22)11-13-35-15-17-36(18-16-35)23-5-2-1-3-6-23/h4,7-10,19,23H,1-3,5-6,11-18,20-21H2. The first kappa shape index (κ1) is 27.5. The second-order valence-electron chi connectivity index (χ2n) is 11.3. The Kier molecular flexibility index (Phi) is 8.65. The van der Waals surface area contributed by atoms with E-state index in [0.29, 0.717) is 19.5 Å². The molecule has 1 amide bonds. The summed E-state index contributed by atoms with van der Waals surface area (Å²) < 4.78 is 42.4. The van der Waals surface area contributed by atoms with Crippen LogP contribution in [0.25, 0.3) is 0 Å². The van der Waals surface area contributed by atoms with E-state index in [1.165, 1.54) is 56.4 Å². The molecule has 0 bridgehead atoms. The van der Waals surface area contributed by atoms with Crippen molar-refractivity contribution in [3.63, 3.8) is 0 Å². The van der Waals surface area contributed by atoms with Gasteiger partial charge < -0.3 is 9.80 Å². The van der Waals surface area contributed by atoms with E-state index < -0.39 is 22.9 Å². The summed E-state index contributed by atoms with van der Waals surface area (Å²) in [6.45, 7) is 5.84. The molecule has 5 rings (SSSR count). The van der Waals surface area contributed by atoms with E-state index in [4.69, 9.17) is 11.6 Å². The van der Waals surface area contributed by atoms with Crippen molar-refractivity contribution in [1.82, 2.24) is 14.7 Å². The van der Waals surface area contributed by atoms with E-state index in [-0.39, 0.29) is 22.9 Å². The summed E-state index contributed by atoms with van der Waals surface area (Å²) in [5.74, 6) is -2.44. The van der Waals surface area contributed by atoms with Crippen molar-refractivity contribution in [2.75, 3.05) is 45.8 Å². The first-order chi connectivity index (χ1) is 18.3. The number of carbonyl (C=O) groups excluding carboxylic acids is 1. The minimum absolute atomic E-state index is 0.123. The van der Waals surface area contributed by atoms with Gasteiger partial charge in [-0.2, -0.15) is 0 Å². The zero-order valence-corrected chi connectivity index (χ0v) is 22.7. The molecule has 206 valence electrons. The first-order valence-corrected chi connectivity index (χ1v) is 14.3. The van der Waals surface area contributed by atoms with Gasteiger partial charge >= 0.3 is 0 Å². The number of hydrogen-bond donors (Lipinski definition) is 0. The van der Waals surface area contributed by atoms with E-state index in [1.807, 2.05) is 0 Å². The third-order valence-electron chi connectivity index (χ3n) is 9.03. The fraction of sp³-hybridized carbons (Fsp3) is 0.567. The van der Waals surface area contributed by atoms with Crippen LogP contribution in [0.5, 0.6) is 0 Å². The summed E-state index contributed by atoms with van der Waals surface area (Å²) in [5.41, 5.74) is 0.431. The number of carbonyl (C=O) groups is 1. The highest BCUT2D eigenvalue weighted by Gasteiger charge is 2.42. The lowest BCUT2D eigenvalue weighted by Crippen LogP contribution is -2.51. The maximum Gasteiger partial charge on any atom is 0.227 e. The second kappa shape index (κ2) is 12.0. The minimum Gasteiger partial charge on any atom is -0.341 e. The Morgan fingerprint density at radius 3 is 2.39 bits per heavy atom. The molecule has 2 aliphatic heterocycles. The van der Waals surface area contributed by atoms with Crippen LogP contribution < -0.4 is 0 Å². The van der Waals surface area contributed by atoms with Crippen LogP contribution in [0.4, 0.5) is 13.2 Å². The van der Waals surface area contributed by atoms with Crippen LogP contribution >= 0.6 is 11.6 Å². The lowest BCUT2D eigenvalue weighted by atomic mass is 9.76. The Balaban J connectivity index is 1.26. The Labute approximate surface area is 228 Å². The van der Waals surface area contributed by atoms with Crippen molar-refractivity contribution in [3.8, 4) is 0 Å². The molecule has 3 fully saturated rings. The number of hydrogen-bond acceptors (Lipinski definition) is 3. The summed E-state index contributed by atoms with van der Waals surface area (Å²) >= 11 is 6.16. The van der Waals surface area contributed by atoms with Gasteiger partial charge in [0, 0.05) is 61.3 Å². The molecule has 3 aliphatic rings. The molecule has 2 aromatic rings. The average Bonchev–Trinajstić information content (AvgIpc) is 3.38. The van der Waals surface area contributed by atoms with Crippen molar-refractivity contribution < 1.29 is 18.0 Å². The smallest absolute Gasteiger partial charge is 0.227 e. The number of piperazine rings is 1. The largest absolute Gasteiger partial charge is 0.341 e. The van der Waals surface area contributed by atoms with Crippen molar-refractivity contribution >= 4 is 17.5 Å². The maximum atomic E-state index is 14.3. The number of nitrogens with zero attached hydrogens (tertiary/aromatic N) is 3. The van der Waals surface area contributed by atoms with Gasteiger partial charge in [0.2, 0.25) is 5.91 Å². The van der Waals surface area contributed by atoms with Gasteiger partial charge in [-0.1, -0.05) is 43.0 Å². The molecule has 1 saturated carbocycles.